The lowest BCUT2D eigenvalue weighted by Crippen LogP contribution is -2.47. The number of likely N-dealkylation sites (tertiary alicyclic amines) is 3. The third kappa shape index (κ3) is 22.3. The molecular weight excluding hydrogens is 522 g/mol. The highest BCUT2D eigenvalue weighted by molar-refractivity contribution is 4.85. The van der Waals surface area contributed by atoms with Crippen LogP contribution in [0.2, 0.25) is 0 Å². The van der Waals surface area contributed by atoms with E-state index in [1.54, 1.807) is 0 Å². The Morgan fingerprint density at radius 2 is 1.07 bits per heavy atom. The summed E-state index contributed by atoms with van der Waals surface area (Å²) in [5.74, 6) is 0.943. The number of hydrogen-bond donors (Lipinski definition) is 0. The lowest BCUT2D eigenvalue weighted by atomic mass is 9.90. The van der Waals surface area contributed by atoms with E-state index >= 15 is 0 Å². The average molecular weight is 600 g/mol. The predicted molar refractivity (Wildman–Crippen MR) is 184 cm³/mol. The average Bonchev–Trinajstić information content (AvgIpc) is 2.92. The molecule has 0 saturated carbocycles. The Hall–Kier alpha value is -0.240. The molecule has 3 heterocycles. The van der Waals surface area contributed by atoms with Crippen LogP contribution in [0.4, 0.5) is 0 Å². The molecule has 3 rings (SSSR count). The molecule has 0 amide bonds. The molecule has 3 aliphatic heterocycles. The summed E-state index contributed by atoms with van der Waals surface area (Å²) in [6, 6.07) is 0. The molecule has 0 bridgehead atoms. The summed E-state index contributed by atoms with van der Waals surface area (Å²) < 4.78 is 16.6. The normalized spacial score (nSPS) is 20.6. The summed E-state index contributed by atoms with van der Waals surface area (Å²) in [4.78, 5) is 7.70. The number of piperidine rings is 3. The molecule has 254 valence electrons. The van der Waals surface area contributed by atoms with Crippen LogP contribution < -0.4 is 0 Å². The monoisotopic (exact) mass is 600 g/mol. The second-order valence-corrected chi connectivity index (χ2v) is 14.1. The molecule has 6 heteroatoms. The van der Waals surface area contributed by atoms with Crippen LogP contribution in [0.5, 0.6) is 0 Å². The van der Waals surface area contributed by atoms with Gasteiger partial charge in [0.25, 0.3) is 0 Å². The van der Waals surface area contributed by atoms with E-state index in [0.717, 1.165) is 32.3 Å². The first-order chi connectivity index (χ1) is 19.5. The van der Waals surface area contributed by atoms with Gasteiger partial charge in [0.15, 0.2) is 0 Å². The summed E-state index contributed by atoms with van der Waals surface area (Å²) >= 11 is 0. The van der Waals surface area contributed by atoms with Crippen molar-refractivity contribution in [3.05, 3.63) is 0 Å². The SMILES string of the molecule is C.CC(C)OCCCN1CCCCC1(C)C.CC(C)OCCN1CCCCC1.CC1CCN(CCCOC(C)C)CC1. The number of ether oxygens (including phenoxy) is 3. The topological polar surface area (TPSA) is 37.4 Å². The van der Waals surface area contributed by atoms with Gasteiger partial charge in [-0.3, -0.25) is 4.90 Å². The molecule has 0 aliphatic carbocycles. The highest BCUT2D eigenvalue weighted by atomic mass is 16.5. The van der Waals surface area contributed by atoms with Gasteiger partial charge in [0.05, 0.1) is 24.9 Å². The Morgan fingerprint density at radius 1 is 0.595 bits per heavy atom. The van der Waals surface area contributed by atoms with Crippen molar-refractivity contribution in [3.63, 3.8) is 0 Å². The van der Waals surface area contributed by atoms with Gasteiger partial charge in [-0.25, -0.2) is 0 Å². The van der Waals surface area contributed by atoms with Gasteiger partial charge in [-0.15, -0.1) is 0 Å². The minimum atomic E-state index is 0. The molecule has 0 aromatic heterocycles. The zero-order chi connectivity index (χ0) is 30.5. The van der Waals surface area contributed by atoms with Crippen LogP contribution in [0.3, 0.4) is 0 Å². The van der Waals surface area contributed by atoms with Crippen LogP contribution in [0, 0.1) is 5.92 Å². The van der Waals surface area contributed by atoms with Gasteiger partial charge < -0.3 is 24.0 Å². The summed E-state index contributed by atoms with van der Waals surface area (Å²) in [5.41, 5.74) is 0.413. The Labute approximate surface area is 264 Å². The second kappa shape index (κ2) is 25.0. The van der Waals surface area contributed by atoms with Crippen LogP contribution >= 0.6 is 0 Å². The van der Waals surface area contributed by atoms with Gasteiger partial charge in [-0.2, -0.15) is 0 Å². The van der Waals surface area contributed by atoms with E-state index in [4.69, 9.17) is 14.2 Å². The lowest BCUT2D eigenvalue weighted by molar-refractivity contribution is 0.0424. The van der Waals surface area contributed by atoms with E-state index in [2.05, 4.69) is 77.0 Å². The summed E-state index contributed by atoms with van der Waals surface area (Å²) in [5, 5.41) is 0. The van der Waals surface area contributed by atoms with Gasteiger partial charge in [0.2, 0.25) is 0 Å². The van der Waals surface area contributed by atoms with Gasteiger partial charge >= 0.3 is 0 Å². The highest BCUT2D eigenvalue weighted by Crippen LogP contribution is 2.27. The second-order valence-electron chi connectivity index (χ2n) is 14.1. The molecule has 0 atom stereocenters. The molecule has 6 nitrogen and oxygen atoms in total. The van der Waals surface area contributed by atoms with Crippen molar-refractivity contribution >= 4 is 0 Å². The molecule has 3 fully saturated rings. The molecule has 42 heavy (non-hydrogen) atoms. The fourth-order valence-electron chi connectivity index (χ4n) is 5.80. The lowest BCUT2D eigenvalue weighted by Gasteiger charge is -2.42. The van der Waals surface area contributed by atoms with Crippen LogP contribution in [0.1, 0.15) is 134 Å². The predicted octanol–water partition coefficient (Wildman–Crippen LogP) is 8.13. The summed E-state index contributed by atoms with van der Waals surface area (Å²) in [6.07, 6.45) is 14.5. The maximum absolute atomic E-state index is 5.57. The first-order valence-electron chi connectivity index (χ1n) is 17.5. The molecule has 0 spiro atoms. The van der Waals surface area contributed by atoms with Crippen molar-refractivity contribution in [2.24, 2.45) is 5.92 Å². The van der Waals surface area contributed by atoms with Gasteiger partial charge in [-0.05, 0) is 145 Å². The fourth-order valence-corrected chi connectivity index (χ4v) is 5.80. The maximum Gasteiger partial charge on any atom is 0.0596 e. The van der Waals surface area contributed by atoms with Crippen molar-refractivity contribution in [2.75, 3.05) is 72.2 Å². The van der Waals surface area contributed by atoms with Gasteiger partial charge in [-0.1, -0.05) is 27.2 Å². The number of hydrogen-bond acceptors (Lipinski definition) is 6. The van der Waals surface area contributed by atoms with Crippen molar-refractivity contribution in [1.82, 2.24) is 14.7 Å². The van der Waals surface area contributed by atoms with Crippen LogP contribution in [-0.2, 0) is 14.2 Å². The molecular formula is C36H77N3O3. The van der Waals surface area contributed by atoms with Crippen molar-refractivity contribution in [1.29, 1.82) is 0 Å². The van der Waals surface area contributed by atoms with E-state index < -0.39 is 0 Å². The van der Waals surface area contributed by atoms with E-state index in [1.807, 2.05) is 0 Å². The summed E-state index contributed by atoms with van der Waals surface area (Å²) in [6.45, 7) is 32.4. The number of nitrogens with zero attached hydrogens (tertiary/aromatic N) is 3. The Balaban J connectivity index is 0.000000597. The molecule has 0 aromatic rings. The quantitative estimate of drug-likeness (QED) is 0.188. The van der Waals surface area contributed by atoms with Crippen molar-refractivity contribution < 1.29 is 14.2 Å². The van der Waals surface area contributed by atoms with Crippen LogP contribution in [0.15, 0.2) is 0 Å². The molecule has 3 aliphatic rings. The first-order valence-corrected chi connectivity index (χ1v) is 17.5. The van der Waals surface area contributed by atoms with Gasteiger partial charge in [0.1, 0.15) is 0 Å². The third-order valence-electron chi connectivity index (χ3n) is 8.60. The van der Waals surface area contributed by atoms with Crippen LogP contribution in [-0.4, -0.2) is 111 Å². The van der Waals surface area contributed by atoms with E-state index in [9.17, 15) is 0 Å². The Morgan fingerprint density at radius 3 is 1.60 bits per heavy atom. The molecule has 0 aromatic carbocycles. The smallest absolute Gasteiger partial charge is 0.0596 e. The van der Waals surface area contributed by atoms with Crippen molar-refractivity contribution in [2.45, 2.75) is 158 Å². The highest BCUT2D eigenvalue weighted by Gasteiger charge is 2.28. The first kappa shape index (κ1) is 41.8. The molecule has 0 N–H and O–H groups in total. The van der Waals surface area contributed by atoms with E-state index in [-0.39, 0.29) is 7.43 Å². The fraction of sp³-hybridized carbons (Fsp3) is 1.00. The minimum Gasteiger partial charge on any atom is -0.379 e. The van der Waals surface area contributed by atoms with Crippen LogP contribution in [0.25, 0.3) is 0 Å². The van der Waals surface area contributed by atoms with E-state index in [0.29, 0.717) is 23.9 Å². The van der Waals surface area contributed by atoms with Crippen molar-refractivity contribution in [3.8, 4) is 0 Å². The molecule has 0 unspecified atom stereocenters. The molecule has 0 radical (unpaired) electrons. The van der Waals surface area contributed by atoms with E-state index in [1.165, 1.54) is 110 Å². The van der Waals surface area contributed by atoms with Gasteiger partial charge in [0, 0.05) is 38.4 Å². The third-order valence-corrected chi connectivity index (χ3v) is 8.60. The molecule has 3 saturated heterocycles. The Bertz CT molecular complexity index is 585. The zero-order valence-corrected chi connectivity index (χ0v) is 29.2. The Kier molecular flexibility index (Phi) is 24.9. The minimum absolute atomic E-state index is 0. The maximum atomic E-state index is 5.57. The standard InChI is InChI=1S/C13H27NO.C12H25NO.C10H21NO.CH4/c1-12(2)15-11-7-10-14-9-6-5-8-13(14,3)4;1-11(2)14-10-4-7-13-8-5-12(3)6-9-13;1-10(2)12-9-8-11-6-4-3-5-7-11;/h12H,5-11H2,1-4H3;11-12H,4-10H2,1-3H3;10H,3-9H2,1-2H3;1H4. The summed E-state index contributed by atoms with van der Waals surface area (Å²) in [7, 11) is 0. The number of rotatable bonds is 14. The largest absolute Gasteiger partial charge is 0.379 e. The zero-order valence-electron chi connectivity index (χ0n) is 29.2.